The van der Waals surface area contributed by atoms with Crippen LogP contribution in [0.25, 0.3) is 0 Å². The van der Waals surface area contributed by atoms with Crippen molar-refractivity contribution in [3.63, 3.8) is 0 Å². The lowest BCUT2D eigenvalue weighted by molar-refractivity contribution is -0.130. The van der Waals surface area contributed by atoms with Crippen LogP contribution in [0.1, 0.15) is 44.2 Å². The molecule has 1 aromatic heterocycles. The molecule has 118 valence electrons. The third-order valence-electron chi connectivity index (χ3n) is 4.68. The minimum atomic E-state index is -0.253. The van der Waals surface area contributed by atoms with E-state index in [1.165, 1.54) is 19.3 Å². The lowest BCUT2D eigenvalue weighted by Gasteiger charge is -2.31. The fourth-order valence-corrected chi connectivity index (χ4v) is 3.49. The summed E-state index contributed by atoms with van der Waals surface area (Å²) in [5, 5.41) is 2.84. The Labute approximate surface area is 131 Å². The number of nitrogens with zero attached hydrogens (tertiary/aromatic N) is 2. The summed E-state index contributed by atoms with van der Waals surface area (Å²) >= 11 is 0. The van der Waals surface area contributed by atoms with Gasteiger partial charge < -0.3 is 10.2 Å². The maximum atomic E-state index is 12.4. The van der Waals surface area contributed by atoms with E-state index in [2.05, 4.69) is 10.3 Å². The van der Waals surface area contributed by atoms with Gasteiger partial charge in [0.25, 0.3) is 0 Å². The van der Waals surface area contributed by atoms with E-state index >= 15 is 0 Å². The van der Waals surface area contributed by atoms with Crippen LogP contribution in [-0.4, -0.2) is 34.3 Å². The number of hydrogen-bond donors (Lipinski definition) is 1. The molecule has 0 bridgehead atoms. The standard InChI is InChI=1S/C17H23N3O2/c1-12-6-5-9-15(18-12)19-17(22)13-10-16(21)20(11-13)14-7-3-2-4-8-14/h5-6,9,13-14H,2-4,7-8,10-11H2,1H3,(H,18,19,22). The van der Waals surface area contributed by atoms with E-state index < -0.39 is 0 Å². The summed E-state index contributed by atoms with van der Waals surface area (Å²) in [6.45, 7) is 2.45. The molecule has 1 unspecified atom stereocenters. The van der Waals surface area contributed by atoms with Crippen molar-refractivity contribution in [3.8, 4) is 0 Å². The van der Waals surface area contributed by atoms with E-state index in [0.717, 1.165) is 18.5 Å². The summed E-state index contributed by atoms with van der Waals surface area (Å²) in [5.74, 6) is 0.347. The van der Waals surface area contributed by atoms with Crippen LogP contribution in [0, 0.1) is 12.8 Å². The average molecular weight is 301 g/mol. The summed E-state index contributed by atoms with van der Waals surface area (Å²) in [7, 11) is 0. The van der Waals surface area contributed by atoms with Crippen LogP contribution in [0.4, 0.5) is 5.82 Å². The zero-order valence-electron chi connectivity index (χ0n) is 13.0. The molecule has 0 spiro atoms. The molecule has 2 fully saturated rings. The van der Waals surface area contributed by atoms with Crippen molar-refractivity contribution in [3.05, 3.63) is 23.9 Å². The zero-order chi connectivity index (χ0) is 15.5. The van der Waals surface area contributed by atoms with Crippen molar-refractivity contribution in [2.24, 2.45) is 5.92 Å². The van der Waals surface area contributed by atoms with E-state index in [4.69, 9.17) is 0 Å². The molecule has 1 atom stereocenters. The third-order valence-corrected chi connectivity index (χ3v) is 4.68. The smallest absolute Gasteiger partial charge is 0.230 e. The van der Waals surface area contributed by atoms with Gasteiger partial charge in [0.1, 0.15) is 5.82 Å². The molecule has 5 nitrogen and oxygen atoms in total. The van der Waals surface area contributed by atoms with Gasteiger partial charge in [-0.1, -0.05) is 25.3 Å². The molecule has 1 saturated heterocycles. The van der Waals surface area contributed by atoms with Crippen LogP contribution in [0.2, 0.25) is 0 Å². The van der Waals surface area contributed by atoms with Crippen LogP contribution < -0.4 is 5.32 Å². The molecule has 1 saturated carbocycles. The normalized spacial score (nSPS) is 22.9. The molecule has 1 aliphatic carbocycles. The third kappa shape index (κ3) is 3.29. The van der Waals surface area contributed by atoms with Gasteiger partial charge in [-0.15, -0.1) is 0 Å². The van der Waals surface area contributed by atoms with Gasteiger partial charge in [-0.25, -0.2) is 4.98 Å². The fraction of sp³-hybridized carbons (Fsp3) is 0.588. The van der Waals surface area contributed by atoms with E-state index in [1.54, 1.807) is 6.07 Å². The molecular weight excluding hydrogens is 278 g/mol. The Bertz CT molecular complexity index is 567. The van der Waals surface area contributed by atoms with E-state index in [-0.39, 0.29) is 17.7 Å². The highest BCUT2D eigenvalue weighted by atomic mass is 16.2. The second kappa shape index (κ2) is 6.46. The van der Waals surface area contributed by atoms with Gasteiger partial charge in [-0.05, 0) is 31.9 Å². The Morgan fingerprint density at radius 3 is 2.77 bits per heavy atom. The molecule has 1 aromatic rings. The van der Waals surface area contributed by atoms with Gasteiger partial charge in [0.2, 0.25) is 11.8 Å². The number of aromatic nitrogens is 1. The fourth-order valence-electron chi connectivity index (χ4n) is 3.49. The molecule has 5 heteroatoms. The average Bonchev–Trinajstić information content (AvgIpc) is 2.90. The Kier molecular flexibility index (Phi) is 4.41. The summed E-state index contributed by atoms with van der Waals surface area (Å²) in [6, 6.07) is 5.88. The first-order valence-corrected chi connectivity index (χ1v) is 8.17. The van der Waals surface area contributed by atoms with Crippen LogP contribution in [0.15, 0.2) is 18.2 Å². The molecule has 3 rings (SSSR count). The van der Waals surface area contributed by atoms with Crippen LogP contribution in [0.3, 0.4) is 0 Å². The highest BCUT2D eigenvalue weighted by Gasteiger charge is 2.38. The van der Waals surface area contributed by atoms with Crippen molar-refractivity contribution >= 4 is 17.6 Å². The Morgan fingerprint density at radius 2 is 2.05 bits per heavy atom. The van der Waals surface area contributed by atoms with Crippen LogP contribution in [0.5, 0.6) is 0 Å². The number of rotatable bonds is 3. The van der Waals surface area contributed by atoms with Gasteiger partial charge in [-0.2, -0.15) is 0 Å². The minimum Gasteiger partial charge on any atom is -0.339 e. The number of likely N-dealkylation sites (tertiary alicyclic amines) is 1. The van der Waals surface area contributed by atoms with Crippen LogP contribution >= 0.6 is 0 Å². The Hall–Kier alpha value is -1.91. The first kappa shape index (κ1) is 15.0. The van der Waals surface area contributed by atoms with Crippen molar-refractivity contribution in [1.29, 1.82) is 0 Å². The maximum Gasteiger partial charge on any atom is 0.230 e. The van der Waals surface area contributed by atoms with Gasteiger partial charge in [0, 0.05) is 24.7 Å². The molecule has 1 aliphatic heterocycles. The predicted octanol–water partition coefficient (Wildman–Crippen LogP) is 2.51. The number of carbonyl (C=O) groups is 2. The number of amides is 2. The summed E-state index contributed by atoms with van der Waals surface area (Å²) in [5.41, 5.74) is 0.865. The lowest BCUT2D eigenvalue weighted by atomic mass is 9.94. The van der Waals surface area contributed by atoms with Crippen molar-refractivity contribution in [2.45, 2.75) is 51.5 Å². The summed E-state index contributed by atoms with van der Waals surface area (Å²) in [4.78, 5) is 30.8. The van der Waals surface area contributed by atoms with Gasteiger partial charge in [-0.3, -0.25) is 9.59 Å². The van der Waals surface area contributed by atoms with Gasteiger partial charge in [0.05, 0.1) is 5.92 Å². The summed E-state index contributed by atoms with van der Waals surface area (Å²) in [6.07, 6.45) is 6.14. The first-order valence-electron chi connectivity index (χ1n) is 8.17. The van der Waals surface area contributed by atoms with Gasteiger partial charge >= 0.3 is 0 Å². The quantitative estimate of drug-likeness (QED) is 0.933. The number of anilines is 1. The second-order valence-electron chi connectivity index (χ2n) is 6.39. The minimum absolute atomic E-state index is 0.0928. The predicted molar refractivity (Wildman–Crippen MR) is 84.3 cm³/mol. The largest absolute Gasteiger partial charge is 0.339 e. The van der Waals surface area contributed by atoms with E-state index in [0.29, 0.717) is 24.8 Å². The molecule has 1 N–H and O–H groups in total. The zero-order valence-corrected chi connectivity index (χ0v) is 13.0. The van der Waals surface area contributed by atoms with Crippen molar-refractivity contribution in [1.82, 2.24) is 9.88 Å². The lowest BCUT2D eigenvalue weighted by Crippen LogP contribution is -2.38. The number of nitrogens with one attached hydrogen (secondary N) is 1. The molecule has 2 heterocycles. The first-order chi connectivity index (χ1) is 10.6. The molecule has 2 aliphatic rings. The molecule has 2 amide bonds. The van der Waals surface area contributed by atoms with E-state index in [1.807, 2.05) is 24.0 Å². The Balaban J connectivity index is 1.61. The SMILES string of the molecule is Cc1cccc(NC(=O)C2CC(=O)N(C3CCCCC3)C2)n1. The molecule has 0 radical (unpaired) electrons. The highest BCUT2D eigenvalue weighted by Crippen LogP contribution is 2.29. The topological polar surface area (TPSA) is 62.3 Å². The van der Waals surface area contributed by atoms with Crippen LogP contribution in [-0.2, 0) is 9.59 Å². The number of carbonyl (C=O) groups excluding carboxylic acids is 2. The monoisotopic (exact) mass is 301 g/mol. The van der Waals surface area contributed by atoms with Gasteiger partial charge in [0.15, 0.2) is 0 Å². The maximum absolute atomic E-state index is 12.4. The molecule has 0 aromatic carbocycles. The Morgan fingerprint density at radius 1 is 1.27 bits per heavy atom. The summed E-state index contributed by atoms with van der Waals surface area (Å²) < 4.78 is 0. The molecular formula is C17H23N3O2. The number of pyridine rings is 1. The van der Waals surface area contributed by atoms with E-state index in [9.17, 15) is 9.59 Å². The van der Waals surface area contributed by atoms with Crippen molar-refractivity contribution < 1.29 is 9.59 Å². The second-order valence-corrected chi connectivity index (χ2v) is 6.39. The number of hydrogen-bond acceptors (Lipinski definition) is 3. The number of aryl methyl sites for hydroxylation is 1. The highest BCUT2D eigenvalue weighted by molar-refractivity contribution is 5.96. The van der Waals surface area contributed by atoms with Crippen molar-refractivity contribution in [2.75, 3.05) is 11.9 Å². The molecule has 22 heavy (non-hydrogen) atoms.